The zero-order valence-corrected chi connectivity index (χ0v) is 12.6. The number of benzene rings is 1. The molecule has 2 rings (SSSR count). The highest BCUT2D eigenvalue weighted by Crippen LogP contribution is 2.17. The van der Waals surface area contributed by atoms with Gasteiger partial charge in [0.1, 0.15) is 5.75 Å². The molecular formula is C16H17NO3S. The van der Waals surface area contributed by atoms with Gasteiger partial charge in [-0.25, -0.2) is 0 Å². The van der Waals surface area contributed by atoms with E-state index in [2.05, 4.69) is 5.32 Å². The number of ether oxygens (including phenoxy) is 1. The molecule has 0 spiro atoms. The molecule has 0 aliphatic carbocycles. The normalized spacial score (nSPS) is 10.1. The number of carbonyl (C=O) groups excluding carboxylic acids is 2. The number of nitrogens with one attached hydrogen (secondary N) is 1. The zero-order chi connectivity index (χ0) is 15.1. The lowest BCUT2D eigenvalue weighted by Gasteiger charge is -2.06. The van der Waals surface area contributed by atoms with Crippen LogP contribution in [0.15, 0.2) is 41.8 Å². The number of ketones is 1. The van der Waals surface area contributed by atoms with E-state index in [4.69, 9.17) is 4.74 Å². The van der Waals surface area contributed by atoms with Gasteiger partial charge in [-0.2, -0.15) is 0 Å². The number of anilines is 1. The third kappa shape index (κ3) is 4.72. The maximum atomic E-state index is 11.8. The van der Waals surface area contributed by atoms with Gasteiger partial charge in [-0.15, -0.1) is 11.3 Å². The van der Waals surface area contributed by atoms with Crippen LogP contribution in [-0.4, -0.2) is 18.8 Å². The van der Waals surface area contributed by atoms with Crippen LogP contribution >= 0.6 is 11.3 Å². The number of hydrogen-bond acceptors (Lipinski definition) is 4. The number of carbonyl (C=O) groups is 2. The summed E-state index contributed by atoms with van der Waals surface area (Å²) in [5, 5.41) is 4.68. The molecule has 0 fully saturated rings. The highest BCUT2D eigenvalue weighted by atomic mass is 32.1. The molecule has 0 atom stereocenters. The second-order valence-electron chi connectivity index (χ2n) is 4.53. The van der Waals surface area contributed by atoms with Gasteiger partial charge < -0.3 is 10.1 Å². The van der Waals surface area contributed by atoms with Crippen molar-refractivity contribution in [2.24, 2.45) is 0 Å². The Hall–Kier alpha value is -2.14. The quantitative estimate of drug-likeness (QED) is 0.793. The van der Waals surface area contributed by atoms with E-state index in [0.717, 1.165) is 4.88 Å². The van der Waals surface area contributed by atoms with E-state index in [-0.39, 0.29) is 11.7 Å². The summed E-state index contributed by atoms with van der Waals surface area (Å²) in [6.07, 6.45) is 1.27. The average Bonchev–Trinajstić information content (AvgIpc) is 3.01. The molecule has 0 bridgehead atoms. The largest absolute Gasteiger partial charge is 0.497 e. The lowest BCUT2D eigenvalue weighted by atomic mass is 10.1. The minimum Gasteiger partial charge on any atom is -0.497 e. The van der Waals surface area contributed by atoms with E-state index in [1.165, 1.54) is 11.3 Å². The minimum absolute atomic E-state index is 0.0952. The van der Waals surface area contributed by atoms with Gasteiger partial charge in [0.05, 0.1) is 12.0 Å². The highest BCUT2D eigenvalue weighted by Gasteiger charge is 2.08. The number of thiophene rings is 1. The second-order valence-corrected chi connectivity index (χ2v) is 5.48. The Bertz CT molecular complexity index is 608. The molecule has 0 aliphatic heterocycles. The minimum atomic E-state index is -0.0952. The summed E-state index contributed by atoms with van der Waals surface area (Å²) >= 11 is 1.43. The van der Waals surface area contributed by atoms with Crippen molar-refractivity contribution in [2.45, 2.75) is 19.3 Å². The molecule has 21 heavy (non-hydrogen) atoms. The van der Waals surface area contributed by atoms with Gasteiger partial charge in [0.15, 0.2) is 5.78 Å². The van der Waals surface area contributed by atoms with Gasteiger partial charge in [-0.1, -0.05) is 12.1 Å². The van der Waals surface area contributed by atoms with Crippen LogP contribution in [0.2, 0.25) is 0 Å². The summed E-state index contributed by atoms with van der Waals surface area (Å²) in [7, 11) is 1.58. The summed E-state index contributed by atoms with van der Waals surface area (Å²) in [5.41, 5.74) is 0.698. The molecule has 1 aromatic heterocycles. The van der Waals surface area contributed by atoms with Gasteiger partial charge in [0.25, 0.3) is 0 Å². The van der Waals surface area contributed by atoms with E-state index in [1.54, 1.807) is 19.2 Å². The summed E-state index contributed by atoms with van der Waals surface area (Å²) < 4.78 is 5.10. The monoisotopic (exact) mass is 303 g/mol. The molecule has 2 aromatic rings. The van der Waals surface area contributed by atoms with Crippen molar-refractivity contribution in [2.75, 3.05) is 12.4 Å². The molecule has 0 saturated heterocycles. The Balaban J connectivity index is 1.76. The molecule has 0 radical (unpaired) electrons. The van der Waals surface area contributed by atoms with Crippen molar-refractivity contribution in [3.05, 3.63) is 46.7 Å². The summed E-state index contributed by atoms with van der Waals surface area (Å²) in [6.45, 7) is 0. The second kappa shape index (κ2) is 7.59. The standard InChI is InChI=1S/C16H17NO3S/c1-20-13-6-2-5-12(11-13)17-16(19)9-3-7-14(18)15-8-4-10-21-15/h2,4-6,8,10-11H,3,7,9H2,1H3,(H,17,19). The van der Waals surface area contributed by atoms with Crippen LogP contribution in [0, 0.1) is 0 Å². The van der Waals surface area contributed by atoms with Crippen LogP contribution in [-0.2, 0) is 4.79 Å². The van der Waals surface area contributed by atoms with Crippen molar-refractivity contribution in [1.82, 2.24) is 0 Å². The predicted octanol–water partition coefficient (Wildman–Crippen LogP) is 3.75. The first-order chi connectivity index (χ1) is 10.2. The maximum Gasteiger partial charge on any atom is 0.224 e. The van der Waals surface area contributed by atoms with E-state index in [1.807, 2.05) is 29.6 Å². The van der Waals surface area contributed by atoms with Crippen LogP contribution in [0.4, 0.5) is 5.69 Å². The Morgan fingerprint density at radius 1 is 1.19 bits per heavy atom. The molecule has 4 nitrogen and oxygen atoms in total. The molecule has 0 unspecified atom stereocenters. The number of Topliss-reactive ketones (excluding diaryl/α,β-unsaturated/α-hetero) is 1. The molecule has 110 valence electrons. The van der Waals surface area contributed by atoms with Gasteiger partial charge in [0, 0.05) is 24.6 Å². The Kier molecular flexibility index (Phi) is 5.51. The Labute approximate surface area is 127 Å². The molecule has 0 saturated carbocycles. The van der Waals surface area contributed by atoms with E-state index in [9.17, 15) is 9.59 Å². The van der Waals surface area contributed by atoms with Crippen molar-refractivity contribution < 1.29 is 14.3 Å². The SMILES string of the molecule is COc1cccc(NC(=O)CCCC(=O)c2cccs2)c1. The number of methoxy groups -OCH3 is 1. The van der Waals surface area contributed by atoms with Gasteiger partial charge in [0.2, 0.25) is 5.91 Å². The van der Waals surface area contributed by atoms with E-state index in [0.29, 0.717) is 30.7 Å². The summed E-state index contributed by atoms with van der Waals surface area (Å²) in [5.74, 6) is 0.696. The van der Waals surface area contributed by atoms with Gasteiger partial charge in [-0.3, -0.25) is 9.59 Å². The third-order valence-corrected chi connectivity index (χ3v) is 3.87. The summed E-state index contributed by atoms with van der Waals surface area (Å²) in [6, 6.07) is 10.9. The molecule has 1 heterocycles. The zero-order valence-electron chi connectivity index (χ0n) is 11.8. The molecular weight excluding hydrogens is 286 g/mol. The van der Waals surface area contributed by atoms with Crippen LogP contribution in [0.5, 0.6) is 5.75 Å². The third-order valence-electron chi connectivity index (χ3n) is 2.96. The predicted molar refractivity (Wildman–Crippen MR) is 84.1 cm³/mol. The molecule has 1 N–H and O–H groups in total. The van der Waals surface area contributed by atoms with Crippen molar-refractivity contribution in [3.63, 3.8) is 0 Å². The lowest BCUT2D eigenvalue weighted by molar-refractivity contribution is -0.116. The molecule has 1 amide bonds. The number of rotatable bonds is 7. The van der Waals surface area contributed by atoms with Gasteiger partial charge in [-0.05, 0) is 30.0 Å². The first-order valence-corrected chi connectivity index (χ1v) is 7.57. The Morgan fingerprint density at radius 3 is 2.76 bits per heavy atom. The fourth-order valence-electron chi connectivity index (χ4n) is 1.89. The van der Waals surface area contributed by atoms with Crippen molar-refractivity contribution in [3.8, 4) is 5.75 Å². The van der Waals surface area contributed by atoms with Crippen LogP contribution < -0.4 is 10.1 Å². The first-order valence-electron chi connectivity index (χ1n) is 6.69. The van der Waals surface area contributed by atoms with E-state index < -0.39 is 0 Å². The fourth-order valence-corrected chi connectivity index (χ4v) is 2.59. The topological polar surface area (TPSA) is 55.4 Å². The van der Waals surface area contributed by atoms with Gasteiger partial charge >= 0.3 is 0 Å². The lowest BCUT2D eigenvalue weighted by Crippen LogP contribution is -2.11. The first kappa shape index (κ1) is 15.3. The molecule has 1 aromatic carbocycles. The maximum absolute atomic E-state index is 11.8. The molecule has 5 heteroatoms. The van der Waals surface area contributed by atoms with Crippen LogP contribution in [0.25, 0.3) is 0 Å². The highest BCUT2D eigenvalue weighted by molar-refractivity contribution is 7.12. The average molecular weight is 303 g/mol. The number of amides is 1. The fraction of sp³-hybridized carbons (Fsp3) is 0.250. The number of hydrogen-bond donors (Lipinski definition) is 1. The smallest absolute Gasteiger partial charge is 0.224 e. The Morgan fingerprint density at radius 2 is 2.05 bits per heavy atom. The van der Waals surface area contributed by atoms with Crippen molar-refractivity contribution in [1.29, 1.82) is 0 Å². The van der Waals surface area contributed by atoms with Crippen molar-refractivity contribution >= 4 is 28.7 Å². The van der Waals surface area contributed by atoms with Crippen LogP contribution in [0.1, 0.15) is 28.9 Å². The van der Waals surface area contributed by atoms with Crippen LogP contribution in [0.3, 0.4) is 0 Å². The summed E-state index contributed by atoms with van der Waals surface area (Å²) in [4.78, 5) is 24.4. The van der Waals surface area contributed by atoms with E-state index >= 15 is 0 Å². The molecule has 0 aliphatic rings.